The fraction of sp³-hybridized carbons (Fsp3) is 0.200. The number of fused-ring (bicyclic) bond motifs is 1. The van der Waals surface area contributed by atoms with E-state index in [2.05, 4.69) is 10.0 Å². The van der Waals surface area contributed by atoms with E-state index in [1.807, 2.05) is 0 Å². The monoisotopic (exact) mass is 306 g/mol. The number of benzene rings is 2. The molecule has 6 heteroatoms. The van der Waals surface area contributed by atoms with Crippen molar-refractivity contribution in [3.05, 3.63) is 53.8 Å². The summed E-state index contributed by atoms with van der Waals surface area (Å²) in [5, 5.41) is 3.18. The van der Waals surface area contributed by atoms with Gasteiger partial charge in [0.15, 0.2) is 0 Å². The van der Waals surface area contributed by atoms with E-state index >= 15 is 0 Å². The second-order valence-electron chi connectivity index (χ2n) is 4.93. The SMILES string of the molecule is O=S(=O)(Nc1ccccc1F)c1ccc2c(c1)NCCC2. The number of hydrogen-bond acceptors (Lipinski definition) is 3. The maximum absolute atomic E-state index is 13.6. The Bertz CT molecular complexity index is 775. The van der Waals surface area contributed by atoms with E-state index in [-0.39, 0.29) is 10.6 Å². The predicted molar refractivity (Wildman–Crippen MR) is 80.5 cm³/mol. The van der Waals surface area contributed by atoms with E-state index < -0.39 is 15.8 Å². The summed E-state index contributed by atoms with van der Waals surface area (Å²) in [6.45, 7) is 0.831. The lowest BCUT2D eigenvalue weighted by molar-refractivity contribution is 0.598. The minimum atomic E-state index is -3.80. The zero-order chi connectivity index (χ0) is 14.9. The maximum atomic E-state index is 13.6. The summed E-state index contributed by atoms with van der Waals surface area (Å²) >= 11 is 0. The average molecular weight is 306 g/mol. The molecule has 0 aromatic heterocycles. The van der Waals surface area contributed by atoms with Crippen LogP contribution in [0.2, 0.25) is 0 Å². The first-order valence-electron chi connectivity index (χ1n) is 6.70. The molecule has 3 rings (SSSR count). The van der Waals surface area contributed by atoms with E-state index in [0.29, 0.717) is 0 Å². The van der Waals surface area contributed by atoms with Crippen molar-refractivity contribution in [2.75, 3.05) is 16.6 Å². The highest BCUT2D eigenvalue weighted by atomic mass is 32.2. The molecule has 21 heavy (non-hydrogen) atoms. The van der Waals surface area contributed by atoms with Gasteiger partial charge in [0.1, 0.15) is 5.82 Å². The molecule has 0 radical (unpaired) electrons. The molecule has 110 valence electrons. The normalized spacial score (nSPS) is 14.1. The van der Waals surface area contributed by atoms with Crippen LogP contribution in [0.4, 0.5) is 15.8 Å². The molecule has 4 nitrogen and oxygen atoms in total. The number of anilines is 2. The molecular weight excluding hydrogens is 291 g/mol. The number of aryl methyl sites for hydroxylation is 1. The third kappa shape index (κ3) is 2.85. The van der Waals surface area contributed by atoms with Gasteiger partial charge in [-0.15, -0.1) is 0 Å². The highest BCUT2D eigenvalue weighted by Crippen LogP contribution is 2.26. The zero-order valence-electron chi connectivity index (χ0n) is 11.3. The molecule has 1 aliphatic rings. The Labute approximate surface area is 123 Å². The van der Waals surface area contributed by atoms with Gasteiger partial charge in [-0.05, 0) is 42.7 Å². The van der Waals surface area contributed by atoms with Crippen molar-refractivity contribution in [3.63, 3.8) is 0 Å². The van der Waals surface area contributed by atoms with Crippen molar-refractivity contribution in [2.24, 2.45) is 0 Å². The summed E-state index contributed by atoms with van der Waals surface area (Å²) in [5.41, 5.74) is 1.88. The molecule has 0 saturated carbocycles. The zero-order valence-corrected chi connectivity index (χ0v) is 12.1. The van der Waals surface area contributed by atoms with Crippen molar-refractivity contribution < 1.29 is 12.8 Å². The van der Waals surface area contributed by atoms with Crippen LogP contribution in [0, 0.1) is 5.82 Å². The van der Waals surface area contributed by atoms with Gasteiger partial charge in [0.25, 0.3) is 10.0 Å². The molecule has 0 fully saturated rings. The molecule has 2 aromatic carbocycles. The highest BCUT2D eigenvalue weighted by molar-refractivity contribution is 7.92. The number of hydrogen-bond donors (Lipinski definition) is 2. The van der Waals surface area contributed by atoms with E-state index in [4.69, 9.17) is 0 Å². The van der Waals surface area contributed by atoms with E-state index in [1.165, 1.54) is 18.2 Å². The molecule has 0 unspecified atom stereocenters. The van der Waals surface area contributed by atoms with Crippen molar-refractivity contribution in [1.82, 2.24) is 0 Å². The summed E-state index contributed by atoms with van der Waals surface area (Å²) in [6, 6.07) is 10.6. The summed E-state index contributed by atoms with van der Waals surface area (Å²) < 4.78 is 40.5. The van der Waals surface area contributed by atoms with Gasteiger partial charge in [0.2, 0.25) is 0 Å². The van der Waals surface area contributed by atoms with Crippen molar-refractivity contribution in [2.45, 2.75) is 17.7 Å². The standard InChI is InChI=1S/C15H15FN2O2S/c16-13-5-1-2-6-14(13)18-21(19,20)12-8-7-11-4-3-9-17-15(11)10-12/h1-2,5-8,10,17-18H,3-4,9H2. The summed E-state index contributed by atoms with van der Waals surface area (Å²) in [5.74, 6) is -0.600. The van der Waals surface area contributed by atoms with Crippen LogP contribution in [-0.2, 0) is 16.4 Å². The van der Waals surface area contributed by atoms with E-state index in [1.54, 1.807) is 24.3 Å². The minimum Gasteiger partial charge on any atom is -0.385 e. The van der Waals surface area contributed by atoms with Crippen molar-refractivity contribution in [1.29, 1.82) is 0 Å². The second-order valence-corrected chi connectivity index (χ2v) is 6.62. The van der Waals surface area contributed by atoms with Gasteiger partial charge in [-0.3, -0.25) is 4.72 Å². The number of halogens is 1. The summed E-state index contributed by atoms with van der Waals surface area (Å²) in [7, 11) is -3.80. The van der Waals surface area contributed by atoms with Gasteiger partial charge in [-0.1, -0.05) is 18.2 Å². The average Bonchev–Trinajstić information content (AvgIpc) is 2.49. The Morgan fingerprint density at radius 3 is 2.76 bits per heavy atom. The summed E-state index contributed by atoms with van der Waals surface area (Å²) in [6.07, 6.45) is 1.97. The summed E-state index contributed by atoms with van der Waals surface area (Å²) in [4.78, 5) is 0.124. The number of para-hydroxylation sites is 1. The fourth-order valence-electron chi connectivity index (χ4n) is 2.35. The first-order chi connectivity index (χ1) is 10.1. The van der Waals surface area contributed by atoms with Crippen LogP contribution in [0.1, 0.15) is 12.0 Å². The first-order valence-corrected chi connectivity index (χ1v) is 8.19. The fourth-order valence-corrected chi connectivity index (χ4v) is 3.45. The topological polar surface area (TPSA) is 58.2 Å². The van der Waals surface area contributed by atoms with Crippen LogP contribution in [0.5, 0.6) is 0 Å². The Balaban J connectivity index is 1.93. The van der Waals surface area contributed by atoms with Gasteiger partial charge in [-0.2, -0.15) is 0 Å². The van der Waals surface area contributed by atoms with Crippen LogP contribution in [0.25, 0.3) is 0 Å². The lowest BCUT2D eigenvalue weighted by Crippen LogP contribution is -2.16. The van der Waals surface area contributed by atoms with E-state index in [0.717, 1.165) is 30.6 Å². The third-order valence-corrected chi connectivity index (χ3v) is 4.81. The molecule has 1 heterocycles. The predicted octanol–water partition coefficient (Wildman–Crippen LogP) is 2.98. The second kappa shape index (κ2) is 5.37. The van der Waals surface area contributed by atoms with Crippen molar-refractivity contribution >= 4 is 21.4 Å². The Morgan fingerprint density at radius 2 is 1.95 bits per heavy atom. The third-order valence-electron chi connectivity index (χ3n) is 3.45. The molecule has 1 aliphatic heterocycles. The highest BCUT2D eigenvalue weighted by Gasteiger charge is 2.18. The maximum Gasteiger partial charge on any atom is 0.262 e. The molecule has 0 atom stereocenters. The minimum absolute atomic E-state index is 0.0526. The van der Waals surface area contributed by atoms with Gasteiger partial charge >= 0.3 is 0 Å². The van der Waals surface area contributed by atoms with Gasteiger partial charge in [-0.25, -0.2) is 12.8 Å². The Morgan fingerprint density at radius 1 is 1.14 bits per heavy atom. The van der Waals surface area contributed by atoms with Crippen LogP contribution in [-0.4, -0.2) is 15.0 Å². The van der Waals surface area contributed by atoms with Crippen LogP contribution < -0.4 is 10.0 Å². The van der Waals surface area contributed by atoms with Crippen LogP contribution in [0.3, 0.4) is 0 Å². The first kappa shape index (κ1) is 13.9. The molecule has 0 aliphatic carbocycles. The molecule has 0 spiro atoms. The van der Waals surface area contributed by atoms with Gasteiger partial charge in [0.05, 0.1) is 10.6 Å². The number of nitrogens with one attached hydrogen (secondary N) is 2. The lowest BCUT2D eigenvalue weighted by Gasteiger charge is -2.19. The molecule has 2 N–H and O–H groups in total. The number of rotatable bonds is 3. The van der Waals surface area contributed by atoms with Gasteiger partial charge < -0.3 is 5.32 Å². The molecule has 0 amide bonds. The largest absolute Gasteiger partial charge is 0.385 e. The smallest absolute Gasteiger partial charge is 0.262 e. The van der Waals surface area contributed by atoms with E-state index in [9.17, 15) is 12.8 Å². The Kier molecular flexibility index (Phi) is 3.55. The lowest BCUT2D eigenvalue weighted by atomic mass is 10.0. The van der Waals surface area contributed by atoms with Crippen LogP contribution >= 0.6 is 0 Å². The van der Waals surface area contributed by atoms with Gasteiger partial charge in [0, 0.05) is 12.2 Å². The molecular formula is C15H15FN2O2S. The van der Waals surface area contributed by atoms with Crippen molar-refractivity contribution in [3.8, 4) is 0 Å². The number of sulfonamides is 1. The molecule has 0 bridgehead atoms. The molecule has 0 saturated heterocycles. The quantitative estimate of drug-likeness (QED) is 0.916. The Hall–Kier alpha value is -2.08. The molecule has 2 aromatic rings. The van der Waals surface area contributed by atoms with Crippen LogP contribution in [0.15, 0.2) is 47.4 Å².